The Kier molecular flexibility index (Phi) is 5.98. The number of aliphatic hydroxyl groups excluding tert-OH is 5. The van der Waals surface area contributed by atoms with E-state index in [4.69, 9.17) is 18.9 Å². The fourth-order valence-corrected chi connectivity index (χ4v) is 2.53. The van der Waals surface area contributed by atoms with Crippen molar-refractivity contribution >= 4 is 0 Å². The minimum Gasteiger partial charge on any atom is -0.508 e. The van der Waals surface area contributed by atoms with E-state index in [2.05, 4.69) is 0 Å². The standard InChI is InChI=1S/C14H22O9/c1-20-7-3-6(16)4-8(21-2)13(7)23-14-12(19)11(18)10(17)9(5-15)22-14/h3-4,7,9-19H,5H2,1-2H3/t7-,9-,10-,11+,12-,13+,14+/m1/s1. The zero-order valence-electron chi connectivity index (χ0n) is 12.8. The minimum atomic E-state index is -1.55. The third-order valence-corrected chi connectivity index (χ3v) is 3.84. The van der Waals surface area contributed by atoms with Gasteiger partial charge in [0.25, 0.3) is 0 Å². The molecule has 0 unspecified atom stereocenters. The van der Waals surface area contributed by atoms with Gasteiger partial charge in [0.15, 0.2) is 6.29 Å². The highest BCUT2D eigenvalue weighted by molar-refractivity contribution is 5.26. The van der Waals surface area contributed by atoms with Crippen LogP contribution in [0.3, 0.4) is 0 Å². The molecule has 1 saturated heterocycles. The van der Waals surface area contributed by atoms with Gasteiger partial charge in [-0.05, 0) is 6.08 Å². The van der Waals surface area contributed by atoms with Gasteiger partial charge in [0, 0.05) is 13.2 Å². The normalized spacial score (nSPS) is 41.2. The molecule has 0 aromatic carbocycles. The van der Waals surface area contributed by atoms with Crippen molar-refractivity contribution in [1.29, 1.82) is 0 Å². The first-order valence-corrected chi connectivity index (χ1v) is 7.08. The first kappa shape index (κ1) is 18.1. The van der Waals surface area contributed by atoms with E-state index in [-0.39, 0.29) is 11.5 Å². The molecule has 0 spiro atoms. The van der Waals surface area contributed by atoms with Gasteiger partial charge >= 0.3 is 0 Å². The fourth-order valence-electron chi connectivity index (χ4n) is 2.53. The lowest BCUT2D eigenvalue weighted by Gasteiger charge is -2.41. The number of ether oxygens (including phenoxy) is 4. The summed E-state index contributed by atoms with van der Waals surface area (Å²) in [5.41, 5.74) is 0. The van der Waals surface area contributed by atoms with E-state index in [1.807, 2.05) is 0 Å². The van der Waals surface area contributed by atoms with Crippen molar-refractivity contribution in [1.82, 2.24) is 0 Å². The lowest BCUT2D eigenvalue weighted by Crippen LogP contribution is -2.60. The average molecular weight is 334 g/mol. The highest BCUT2D eigenvalue weighted by atomic mass is 16.7. The van der Waals surface area contributed by atoms with Crippen LogP contribution in [0.4, 0.5) is 0 Å². The predicted molar refractivity (Wildman–Crippen MR) is 75.2 cm³/mol. The number of hydrogen-bond acceptors (Lipinski definition) is 9. The zero-order valence-corrected chi connectivity index (χ0v) is 12.8. The van der Waals surface area contributed by atoms with E-state index < -0.39 is 49.5 Å². The van der Waals surface area contributed by atoms with Crippen molar-refractivity contribution in [3.63, 3.8) is 0 Å². The maximum absolute atomic E-state index is 10.0. The van der Waals surface area contributed by atoms with Gasteiger partial charge < -0.3 is 44.5 Å². The maximum atomic E-state index is 10.0. The molecule has 0 aromatic heterocycles. The predicted octanol–water partition coefficient (Wildman–Crippen LogP) is -1.83. The summed E-state index contributed by atoms with van der Waals surface area (Å²) < 4.78 is 21.3. The second kappa shape index (κ2) is 7.58. The highest BCUT2D eigenvalue weighted by Gasteiger charge is 2.46. The Morgan fingerprint density at radius 2 is 1.83 bits per heavy atom. The molecule has 0 bridgehead atoms. The van der Waals surface area contributed by atoms with Crippen LogP contribution in [-0.4, -0.2) is 89.3 Å². The van der Waals surface area contributed by atoms with Gasteiger partial charge in [-0.15, -0.1) is 0 Å². The molecule has 9 nitrogen and oxygen atoms in total. The van der Waals surface area contributed by atoms with Gasteiger partial charge in [-0.1, -0.05) is 0 Å². The summed E-state index contributed by atoms with van der Waals surface area (Å²) in [5.74, 6) is 0.163. The molecule has 1 aliphatic heterocycles. The Balaban J connectivity index is 2.17. The van der Waals surface area contributed by atoms with Crippen molar-refractivity contribution in [2.24, 2.45) is 0 Å². The molecular formula is C14H22O9. The largest absolute Gasteiger partial charge is 0.508 e. The third-order valence-electron chi connectivity index (χ3n) is 3.84. The van der Waals surface area contributed by atoms with Gasteiger partial charge in [0.2, 0.25) is 0 Å². The molecule has 9 heteroatoms. The molecule has 23 heavy (non-hydrogen) atoms. The monoisotopic (exact) mass is 334 g/mol. The lowest BCUT2D eigenvalue weighted by molar-refractivity contribution is -0.314. The topological polar surface area (TPSA) is 138 Å². The minimum absolute atomic E-state index is 0.0673. The first-order chi connectivity index (χ1) is 10.9. The molecule has 0 aromatic rings. The van der Waals surface area contributed by atoms with Gasteiger partial charge in [0.05, 0.1) is 13.7 Å². The fraction of sp³-hybridized carbons (Fsp3) is 0.714. The van der Waals surface area contributed by atoms with Crippen molar-refractivity contribution in [2.75, 3.05) is 20.8 Å². The molecule has 7 atom stereocenters. The van der Waals surface area contributed by atoms with Crippen LogP contribution >= 0.6 is 0 Å². The molecule has 0 radical (unpaired) electrons. The average Bonchev–Trinajstić information content (AvgIpc) is 2.55. The maximum Gasteiger partial charge on any atom is 0.187 e. The van der Waals surface area contributed by atoms with E-state index in [1.165, 1.54) is 26.4 Å². The molecule has 2 rings (SSSR count). The van der Waals surface area contributed by atoms with Crippen LogP contribution in [0.1, 0.15) is 0 Å². The van der Waals surface area contributed by atoms with Crippen LogP contribution in [0.15, 0.2) is 23.7 Å². The number of allylic oxidation sites excluding steroid dienone is 1. The smallest absolute Gasteiger partial charge is 0.187 e. The summed E-state index contributed by atoms with van der Waals surface area (Å²) in [7, 11) is 2.78. The number of methoxy groups -OCH3 is 2. The Morgan fingerprint density at radius 1 is 1.13 bits per heavy atom. The lowest BCUT2D eigenvalue weighted by atomic mass is 9.99. The van der Waals surface area contributed by atoms with Crippen molar-refractivity contribution in [2.45, 2.75) is 42.9 Å². The van der Waals surface area contributed by atoms with E-state index in [1.54, 1.807) is 0 Å². The van der Waals surface area contributed by atoms with Crippen LogP contribution < -0.4 is 0 Å². The van der Waals surface area contributed by atoms with Crippen LogP contribution in [0.5, 0.6) is 0 Å². The van der Waals surface area contributed by atoms with Crippen LogP contribution in [0.2, 0.25) is 0 Å². The summed E-state index contributed by atoms with van der Waals surface area (Å²) in [6.45, 7) is -0.559. The number of aliphatic hydroxyl groups is 5. The Labute approximate surface area is 133 Å². The summed E-state index contributed by atoms with van der Waals surface area (Å²) in [5, 5.41) is 48.4. The van der Waals surface area contributed by atoms with Gasteiger partial charge in [-0.2, -0.15) is 0 Å². The molecule has 1 aliphatic carbocycles. The Bertz CT molecular complexity index is 461. The SMILES string of the molecule is COC1=CC(O)=C[C@@H](OC)[C@@H]1O[C@@H]1O[C@H](CO)[C@@H](O)[C@H](O)[C@H]1O. The van der Waals surface area contributed by atoms with Gasteiger partial charge in [-0.3, -0.25) is 0 Å². The van der Waals surface area contributed by atoms with E-state index in [0.29, 0.717) is 0 Å². The molecule has 0 saturated carbocycles. The van der Waals surface area contributed by atoms with Gasteiger partial charge in [-0.25, -0.2) is 0 Å². The summed E-state index contributed by atoms with van der Waals surface area (Å²) in [4.78, 5) is 0. The van der Waals surface area contributed by atoms with E-state index in [0.717, 1.165) is 0 Å². The van der Waals surface area contributed by atoms with Crippen LogP contribution in [0, 0.1) is 0 Å². The second-order valence-corrected chi connectivity index (χ2v) is 5.30. The van der Waals surface area contributed by atoms with Crippen LogP contribution in [-0.2, 0) is 18.9 Å². The second-order valence-electron chi connectivity index (χ2n) is 5.30. The summed E-state index contributed by atoms with van der Waals surface area (Å²) in [6, 6.07) is 0. The number of hydrogen-bond donors (Lipinski definition) is 5. The van der Waals surface area contributed by atoms with Crippen molar-refractivity contribution in [3.8, 4) is 0 Å². The van der Waals surface area contributed by atoms with Crippen molar-refractivity contribution in [3.05, 3.63) is 23.7 Å². The molecular weight excluding hydrogens is 312 g/mol. The molecule has 1 heterocycles. The van der Waals surface area contributed by atoms with Gasteiger partial charge in [0.1, 0.15) is 48.1 Å². The molecule has 132 valence electrons. The van der Waals surface area contributed by atoms with E-state index >= 15 is 0 Å². The first-order valence-electron chi connectivity index (χ1n) is 7.08. The van der Waals surface area contributed by atoms with Crippen molar-refractivity contribution < 1.29 is 44.5 Å². The Morgan fingerprint density at radius 3 is 2.39 bits per heavy atom. The highest BCUT2D eigenvalue weighted by Crippen LogP contribution is 2.28. The summed E-state index contributed by atoms with van der Waals surface area (Å²) in [6.07, 6.45) is -5.84. The van der Waals surface area contributed by atoms with Crippen LogP contribution in [0.25, 0.3) is 0 Å². The molecule has 2 aliphatic rings. The molecule has 1 fully saturated rings. The quantitative estimate of drug-likeness (QED) is 0.393. The molecule has 0 amide bonds. The number of rotatable bonds is 5. The zero-order chi connectivity index (χ0) is 17.1. The third kappa shape index (κ3) is 3.66. The molecule has 5 N–H and O–H groups in total. The van der Waals surface area contributed by atoms with E-state index in [9.17, 15) is 25.5 Å². The summed E-state index contributed by atoms with van der Waals surface area (Å²) >= 11 is 0. The Hall–Kier alpha value is -1.20.